The summed E-state index contributed by atoms with van der Waals surface area (Å²) in [4.78, 5) is 51.3. The van der Waals surface area contributed by atoms with Gasteiger partial charge in [-0.1, -0.05) is 13.8 Å². The molecule has 0 radical (unpaired) electrons. The number of methoxy groups -OCH3 is 6. The van der Waals surface area contributed by atoms with Gasteiger partial charge in [0.1, 0.15) is 20.9 Å². The summed E-state index contributed by atoms with van der Waals surface area (Å²) >= 11 is 1.90. The number of nitrogens with one attached hydrogen (secondary N) is 2. The van der Waals surface area contributed by atoms with E-state index in [1.807, 2.05) is 30.8 Å². The lowest BCUT2D eigenvalue weighted by Crippen LogP contribution is -2.37. The molecular formula is C44H50N6O10S2. The number of H-pyrrole nitrogens is 2. The average Bonchev–Trinajstić information content (AvgIpc) is 3.93. The monoisotopic (exact) mass is 886 g/mol. The zero-order valence-corrected chi connectivity index (χ0v) is 37.6. The van der Waals surface area contributed by atoms with Crippen molar-refractivity contribution in [2.45, 2.75) is 39.5 Å². The molecule has 0 amide bonds. The van der Waals surface area contributed by atoms with Crippen LogP contribution in [0.15, 0.2) is 49.1 Å². The number of fused-ring (bicyclic) bond motifs is 2. The first-order chi connectivity index (χ1) is 29.7. The third-order valence-corrected chi connectivity index (χ3v) is 14.4. The fraction of sp³-hybridized carbons (Fsp3) is 0.409. The third kappa shape index (κ3) is 8.49. The zero-order chi connectivity index (χ0) is 44.4. The molecule has 0 atom stereocenters. The normalized spacial score (nSPS) is 16.5. The van der Waals surface area contributed by atoms with Gasteiger partial charge in [0.15, 0.2) is 45.9 Å². The van der Waals surface area contributed by atoms with Crippen molar-refractivity contribution in [2.24, 2.45) is 10.8 Å². The van der Waals surface area contributed by atoms with E-state index in [1.54, 1.807) is 58.2 Å². The van der Waals surface area contributed by atoms with Crippen LogP contribution in [-0.2, 0) is 9.84 Å². The van der Waals surface area contributed by atoms with Gasteiger partial charge in [0.2, 0.25) is 11.5 Å². The van der Waals surface area contributed by atoms with Crippen LogP contribution < -0.4 is 28.4 Å². The van der Waals surface area contributed by atoms with Crippen molar-refractivity contribution in [3.8, 4) is 57.0 Å². The van der Waals surface area contributed by atoms with Crippen LogP contribution in [-0.4, -0.2) is 116 Å². The predicted octanol–water partition coefficient (Wildman–Crippen LogP) is 7.42. The second-order valence-electron chi connectivity index (χ2n) is 15.7. The molecule has 2 N–H and O–H groups in total. The summed E-state index contributed by atoms with van der Waals surface area (Å²) in [5.41, 5.74) is 4.60. The predicted molar refractivity (Wildman–Crippen MR) is 237 cm³/mol. The van der Waals surface area contributed by atoms with Crippen molar-refractivity contribution in [3.63, 3.8) is 0 Å². The fourth-order valence-electron chi connectivity index (χ4n) is 7.78. The first-order valence-electron chi connectivity index (χ1n) is 19.9. The molecule has 62 heavy (non-hydrogen) atoms. The molecule has 0 spiro atoms. The molecule has 2 fully saturated rings. The fourth-order valence-corrected chi connectivity index (χ4v) is 10.9. The Morgan fingerprint density at radius 1 is 0.597 bits per heavy atom. The second kappa shape index (κ2) is 17.8. The van der Waals surface area contributed by atoms with E-state index in [4.69, 9.17) is 38.4 Å². The maximum Gasteiger partial charge on any atom is 0.203 e. The minimum absolute atomic E-state index is 0.0139. The SMILES string of the molecule is COc1cc(-c2cnc3[nH]cc(C(=O)C4(C)CCS(=O)(=O)CC4)c3n2)cc(OC)c1OC.COc1cc(-c2cnc3[nH]cc(C(=O)C4(C)CCSCC4)c3n2)cc(OC)c1OC. The van der Waals surface area contributed by atoms with Crippen molar-refractivity contribution < 1.29 is 46.4 Å². The number of ketones is 2. The molecule has 4 aromatic heterocycles. The standard InChI is InChI=1S/C22H25N3O6S.C22H25N3O4S/c1-22(5-7-32(27,28)8-6-22)20(26)14-11-23-21-18(14)25-15(12-24-21)13-9-16(29-2)19(31-4)17(10-13)30-3;1-22(5-7-30-8-6-22)20(26)14-11-23-21-18(14)25-15(12-24-21)13-9-16(27-2)19(29-4)17(10-13)28-3/h9-12H,5-8H2,1-4H3,(H,23,24);9-12H,5-8H2,1-4H3,(H,23,24). The molecule has 18 heteroatoms. The van der Waals surface area contributed by atoms with Gasteiger partial charge >= 0.3 is 0 Å². The number of hydrogen-bond donors (Lipinski definition) is 2. The molecule has 2 aromatic carbocycles. The van der Waals surface area contributed by atoms with Gasteiger partial charge in [0, 0.05) is 34.4 Å². The van der Waals surface area contributed by atoms with Gasteiger partial charge < -0.3 is 38.4 Å². The highest BCUT2D eigenvalue weighted by molar-refractivity contribution is 7.99. The Hall–Kier alpha value is -5.88. The maximum absolute atomic E-state index is 13.4. The molecule has 2 aliphatic rings. The number of rotatable bonds is 12. The highest BCUT2D eigenvalue weighted by atomic mass is 32.2. The summed E-state index contributed by atoms with van der Waals surface area (Å²) in [5.74, 6) is 5.04. The minimum Gasteiger partial charge on any atom is -0.493 e. The van der Waals surface area contributed by atoms with Crippen molar-refractivity contribution in [1.29, 1.82) is 0 Å². The number of benzene rings is 2. The lowest BCUT2D eigenvalue weighted by molar-refractivity contribution is 0.0796. The van der Waals surface area contributed by atoms with E-state index in [-0.39, 0.29) is 28.5 Å². The van der Waals surface area contributed by atoms with Crippen LogP contribution in [0.3, 0.4) is 0 Å². The lowest BCUT2D eigenvalue weighted by atomic mass is 9.77. The van der Waals surface area contributed by atoms with Crippen molar-refractivity contribution in [1.82, 2.24) is 29.9 Å². The molecule has 2 aliphatic heterocycles. The number of nitrogens with zero attached hydrogens (tertiary/aromatic N) is 4. The molecule has 328 valence electrons. The quantitative estimate of drug-likeness (QED) is 0.115. The van der Waals surface area contributed by atoms with Gasteiger partial charge in [-0.15, -0.1) is 0 Å². The number of sulfone groups is 1. The number of ether oxygens (including phenoxy) is 6. The number of Topliss-reactive ketones (excluding diaryl/α,β-unsaturated/α-hetero) is 2. The molecule has 0 unspecified atom stereocenters. The van der Waals surface area contributed by atoms with Gasteiger partial charge in [-0.25, -0.2) is 28.4 Å². The van der Waals surface area contributed by atoms with Gasteiger partial charge in [-0.3, -0.25) is 9.59 Å². The third-order valence-electron chi connectivity index (χ3n) is 11.8. The molecule has 6 aromatic rings. The van der Waals surface area contributed by atoms with Crippen LogP contribution in [0.1, 0.15) is 60.2 Å². The summed E-state index contributed by atoms with van der Waals surface area (Å²) < 4.78 is 56.2. The number of thioether (sulfide) groups is 1. The van der Waals surface area contributed by atoms with Crippen LogP contribution in [0.2, 0.25) is 0 Å². The number of carbonyl (C=O) groups is 2. The molecule has 8 rings (SSSR count). The Kier molecular flexibility index (Phi) is 12.7. The first kappa shape index (κ1) is 44.2. The Morgan fingerprint density at radius 3 is 1.32 bits per heavy atom. The van der Waals surface area contributed by atoms with Crippen LogP contribution in [0.4, 0.5) is 0 Å². The van der Waals surface area contributed by atoms with E-state index >= 15 is 0 Å². The van der Waals surface area contributed by atoms with E-state index in [0.717, 1.165) is 29.9 Å². The van der Waals surface area contributed by atoms with E-state index in [0.29, 0.717) is 97.7 Å². The summed E-state index contributed by atoms with van der Waals surface area (Å²) in [6.07, 6.45) is 8.95. The smallest absolute Gasteiger partial charge is 0.203 e. The van der Waals surface area contributed by atoms with Crippen LogP contribution in [0, 0.1) is 10.8 Å². The summed E-state index contributed by atoms with van der Waals surface area (Å²) in [6.45, 7) is 3.88. The molecule has 0 bridgehead atoms. The Balaban J connectivity index is 0.000000187. The minimum atomic E-state index is -3.08. The Morgan fingerprint density at radius 2 is 0.968 bits per heavy atom. The first-order valence-corrected chi connectivity index (χ1v) is 22.9. The average molecular weight is 887 g/mol. The Bertz CT molecular complexity index is 2700. The lowest BCUT2D eigenvalue weighted by Gasteiger charge is -2.31. The van der Waals surface area contributed by atoms with Crippen LogP contribution in [0.25, 0.3) is 44.8 Å². The summed E-state index contributed by atoms with van der Waals surface area (Å²) in [6, 6.07) is 7.17. The van der Waals surface area contributed by atoms with E-state index in [9.17, 15) is 18.0 Å². The second-order valence-corrected chi connectivity index (χ2v) is 19.2. The maximum atomic E-state index is 13.4. The zero-order valence-electron chi connectivity index (χ0n) is 36.0. The van der Waals surface area contributed by atoms with Crippen LogP contribution >= 0.6 is 11.8 Å². The highest BCUT2D eigenvalue weighted by Crippen LogP contribution is 2.44. The number of aromatic amines is 2. The largest absolute Gasteiger partial charge is 0.493 e. The van der Waals surface area contributed by atoms with Gasteiger partial charge in [0.25, 0.3) is 0 Å². The number of aromatic nitrogens is 6. The van der Waals surface area contributed by atoms with Crippen molar-refractivity contribution >= 4 is 55.5 Å². The number of carbonyl (C=O) groups excluding carboxylic acids is 2. The van der Waals surface area contributed by atoms with Gasteiger partial charge in [-0.2, -0.15) is 11.8 Å². The Labute approximate surface area is 363 Å². The molecule has 16 nitrogen and oxygen atoms in total. The molecule has 2 saturated heterocycles. The van der Waals surface area contributed by atoms with Crippen molar-refractivity contribution in [2.75, 3.05) is 65.7 Å². The van der Waals surface area contributed by atoms with Crippen LogP contribution in [0.5, 0.6) is 34.5 Å². The topological polar surface area (TPSA) is 207 Å². The van der Waals surface area contributed by atoms with Crippen molar-refractivity contribution in [3.05, 3.63) is 60.2 Å². The van der Waals surface area contributed by atoms with E-state index in [1.165, 1.54) is 21.3 Å². The summed E-state index contributed by atoms with van der Waals surface area (Å²) in [7, 11) is 6.22. The van der Waals surface area contributed by atoms with Gasteiger partial charge in [-0.05, 0) is 61.5 Å². The molecular weight excluding hydrogens is 837 g/mol. The van der Waals surface area contributed by atoms with E-state index in [2.05, 4.69) is 26.9 Å². The van der Waals surface area contributed by atoms with E-state index < -0.39 is 15.3 Å². The summed E-state index contributed by atoms with van der Waals surface area (Å²) in [5, 5.41) is 0. The van der Waals surface area contributed by atoms with Gasteiger partial charge in [0.05, 0.1) is 89.1 Å². The number of hydrogen-bond acceptors (Lipinski definition) is 15. The highest BCUT2D eigenvalue weighted by Gasteiger charge is 2.41. The molecule has 0 saturated carbocycles. The molecule has 0 aliphatic carbocycles. The molecule has 6 heterocycles.